The Morgan fingerprint density at radius 1 is 1.45 bits per heavy atom. The molecule has 7 nitrogen and oxygen atoms in total. The van der Waals surface area contributed by atoms with E-state index >= 15 is 0 Å². The molecule has 2 unspecified atom stereocenters. The molecule has 1 rings (SSSR count). The quantitative estimate of drug-likeness (QED) is 0.467. The number of ether oxygens (including phenoxy) is 1. The van der Waals surface area contributed by atoms with Crippen LogP contribution in [0, 0.1) is 17.0 Å². The van der Waals surface area contributed by atoms with Gasteiger partial charge in [0.25, 0.3) is 0 Å². The molecule has 0 spiro atoms. The van der Waals surface area contributed by atoms with Crippen molar-refractivity contribution < 1.29 is 14.5 Å². The van der Waals surface area contributed by atoms with Gasteiger partial charge in [0, 0.05) is 11.8 Å². The summed E-state index contributed by atoms with van der Waals surface area (Å²) in [6.07, 6.45) is 0.390. The van der Waals surface area contributed by atoms with Crippen molar-refractivity contribution in [2.45, 2.75) is 46.3 Å². The van der Waals surface area contributed by atoms with E-state index in [1.54, 1.807) is 13.8 Å². The van der Waals surface area contributed by atoms with E-state index in [-0.39, 0.29) is 6.10 Å². The molecule has 1 heterocycles. The van der Waals surface area contributed by atoms with Gasteiger partial charge in [0.2, 0.25) is 0 Å². The van der Waals surface area contributed by atoms with Crippen molar-refractivity contribution in [3.63, 3.8) is 0 Å². The van der Waals surface area contributed by atoms with Gasteiger partial charge in [0.15, 0.2) is 0 Å². The van der Waals surface area contributed by atoms with Crippen molar-refractivity contribution in [1.29, 1.82) is 0 Å². The van der Waals surface area contributed by atoms with Gasteiger partial charge in [-0.05, 0) is 33.3 Å². The van der Waals surface area contributed by atoms with Gasteiger partial charge in [-0.3, -0.25) is 19.5 Å². The van der Waals surface area contributed by atoms with Crippen LogP contribution in [0.2, 0.25) is 0 Å². The molecule has 0 aromatic carbocycles. The first-order valence-corrected chi connectivity index (χ1v) is 6.36. The molecule has 7 heteroatoms. The lowest BCUT2D eigenvalue weighted by Crippen LogP contribution is -2.33. The second kappa shape index (κ2) is 6.31. The normalized spacial score (nSPS) is 13.6. The van der Waals surface area contributed by atoms with Gasteiger partial charge in [-0.1, -0.05) is 6.92 Å². The van der Waals surface area contributed by atoms with E-state index < -0.39 is 28.2 Å². The number of rotatable bonds is 5. The number of carbonyl (C=O) groups is 1. The van der Waals surface area contributed by atoms with E-state index in [0.717, 1.165) is 10.6 Å². The third kappa shape index (κ3) is 3.23. The number of pyridine rings is 1. The van der Waals surface area contributed by atoms with Crippen LogP contribution in [-0.4, -0.2) is 21.6 Å². The maximum Gasteiger partial charge on any atom is 0.334 e. The minimum absolute atomic E-state index is 0.264. The highest BCUT2D eigenvalue weighted by Crippen LogP contribution is 2.14. The molecule has 0 saturated carbocycles. The zero-order valence-corrected chi connectivity index (χ0v) is 12.0. The van der Waals surface area contributed by atoms with Gasteiger partial charge in [0.1, 0.15) is 6.04 Å². The largest absolute Gasteiger partial charge is 0.461 e. The van der Waals surface area contributed by atoms with E-state index in [1.165, 1.54) is 13.0 Å². The lowest BCUT2D eigenvalue weighted by atomic mass is 10.2. The number of aromatic nitrogens is 1. The Labute approximate surface area is 116 Å². The third-order valence-corrected chi connectivity index (χ3v) is 3.12. The van der Waals surface area contributed by atoms with Crippen molar-refractivity contribution in [1.82, 2.24) is 4.57 Å². The Kier molecular flexibility index (Phi) is 5.01. The zero-order valence-electron chi connectivity index (χ0n) is 12.0. The minimum atomic E-state index is -0.906. The van der Waals surface area contributed by atoms with Gasteiger partial charge >= 0.3 is 17.2 Å². The van der Waals surface area contributed by atoms with E-state index in [1.807, 2.05) is 6.92 Å². The first-order valence-electron chi connectivity index (χ1n) is 6.36. The van der Waals surface area contributed by atoms with E-state index in [9.17, 15) is 19.7 Å². The molecule has 0 radical (unpaired) electrons. The SMILES string of the molecule is CCC(C)OC(=O)C(C)n1c(C)ccc([N+](=O)[O-])c1=O. The topological polar surface area (TPSA) is 91.4 Å². The molecular formula is C13H18N2O5. The molecule has 20 heavy (non-hydrogen) atoms. The number of aryl methyl sites for hydroxylation is 1. The van der Waals surface area contributed by atoms with Crippen LogP contribution < -0.4 is 5.56 Å². The molecule has 0 aliphatic rings. The lowest BCUT2D eigenvalue weighted by Gasteiger charge is -2.19. The molecule has 0 fully saturated rings. The summed E-state index contributed by atoms with van der Waals surface area (Å²) >= 11 is 0. The molecule has 0 N–H and O–H groups in total. The van der Waals surface area contributed by atoms with Gasteiger partial charge in [-0.15, -0.1) is 0 Å². The maximum absolute atomic E-state index is 12.0. The fourth-order valence-electron chi connectivity index (χ4n) is 1.74. The van der Waals surface area contributed by atoms with Crippen LogP contribution in [0.15, 0.2) is 16.9 Å². The van der Waals surface area contributed by atoms with Crippen LogP contribution in [0.4, 0.5) is 5.69 Å². The Balaban J connectivity index is 3.19. The molecule has 0 aliphatic carbocycles. The van der Waals surface area contributed by atoms with Crippen LogP contribution >= 0.6 is 0 Å². The standard InChI is InChI=1S/C13H18N2O5/c1-5-9(3)20-13(17)10(4)14-8(2)6-7-11(12(14)16)15(18)19/h6-7,9-10H,5H2,1-4H3. The first-order chi connectivity index (χ1) is 9.29. The Hall–Kier alpha value is -2.18. The van der Waals surface area contributed by atoms with Crippen LogP contribution in [0.25, 0.3) is 0 Å². The molecule has 0 aliphatic heterocycles. The van der Waals surface area contributed by atoms with E-state index in [0.29, 0.717) is 12.1 Å². The molecule has 1 aromatic heterocycles. The van der Waals surface area contributed by atoms with Crippen molar-refractivity contribution in [3.8, 4) is 0 Å². The lowest BCUT2D eigenvalue weighted by molar-refractivity contribution is -0.386. The highest BCUT2D eigenvalue weighted by Gasteiger charge is 2.25. The minimum Gasteiger partial charge on any atom is -0.461 e. The maximum atomic E-state index is 12.0. The monoisotopic (exact) mass is 282 g/mol. The summed E-state index contributed by atoms with van der Waals surface area (Å²) in [5.41, 5.74) is -0.892. The van der Waals surface area contributed by atoms with Gasteiger partial charge in [-0.2, -0.15) is 0 Å². The summed E-state index contributed by atoms with van der Waals surface area (Å²) in [6, 6.07) is 1.67. The average molecular weight is 282 g/mol. The van der Waals surface area contributed by atoms with Crippen LogP contribution in [-0.2, 0) is 9.53 Å². The summed E-state index contributed by atoms with van der Waals surface area (Å²) in [5, 5.41) is 10.8. The summed E-state index contributed by atoms with van der Waals surface area (Å²) in [4.78, 5) is 34.0. The number of nitrogens with zero attached hydrogens (tertiary/aromatic N) is 2. The highest BCUT2D eigenvalue weighted by molar-refractivity contribution is 5.74. The molecule has 2 atom stereocenters. The molecule has 0 amide bonds. The summed E-state index contributed by atoms with van der Waals surface area (Å²) in [7, 11) is 0. The van der Waals surface area contributed by atoms with Gasteiger partial charge in [-0.25, -0.2) is 4.79 Å². The fourth-order valence-corrected chi connectivity index (χ4v) is 1.74. The highest BCUT2D eigenvalue weighted by atomic mass is 16.6. The number of carbonyl (C=O) groups excluding carboxylic acids is 1. The number of nitro groups is 1. The average Bonchev–Trinajstić information content (AvgIpc) is 2.37. The molecule has 0 saturated heterocycles. The predicted octanol–water partition coefficient (Wildman–Crippen LogP) is 1.97. The summed E-state index contributed by atoms with van der Waals surface area (Å²) in [5.74, 6) is -0.579. The number of hydrogen-bond acceptors (Lipinski definition) is 5. The van der Waals surface area contributed by atoms with E-state index in [2.05, 4.69) is 0 Å². The smallest absolute Gasteiger partial charge is 0.334 e. The van der Waals surface area contributed by atoms with Crippen LogP contribution in [0.3, 0.4) is 0 Å². The van der Waals surface area contributed by atoms with E-state index in [4.69, 9.17) is 4.74 Å². The number of esters is 1. The molecular weight excluding hydrogens is 264 g/mol. The molecule has 110 valence electrons. The van der Waals surface area contributed by atoms with Crippen molar-refractivity contribution in [2.75, 3.05) is 0 Å². The van der Waals surface area contributed by atoms with Gasteiger partial charge < -0.3 is 4.74 Å². The molecule has 1 aromatic rings. The Bertz CT molecular complexity index is 579. The zero-order chi connectivity index (χ0) is 15.4. The van der Waals surface area contributed by atoms with Crippen LogP contribution in [0.1, 0.15) is 38.9 Å². The van der Waals surface area contributed by atoms with Gasteiger partial charge in [0.05, 0.1) is 11.0 Å². The second-order valence-electron chi connectivity index (χ2n) is 4.62. The third-order valence-electron chi connectivity index (χ3n) is 3.12. The second-order valence-corrected chi connectivity index (χ2v) is 4.62. The predicted molar refractivity (Wildman–Crippen MR) is 72.6 cm³/mol. The number of hydrogen-bond donors (Lipinski definition) is 0. The summed E-state index contributed by atoms with van der Waals surface area (Å²) < 4.78 is 6.24. The molecule has 0 bridgehead atoms. The Morgan fingerprint density at radius 2 is 2.05 bits per heavy atom. The summed E-state index contributed by atoms with van der Waals surface area (Å²) in [6.45, 7) is 6.71. The van der Waals surface area contributed by atoms with Crippen molar-refractivity contribution >= 4 is 11.7 Å². The van der Waals surface area contributed by atoms with Crippen LogP contribution in [0.5, 0.6) is 0 Å². The van der Waals surface area contributed by atoms with Crippen molar-refractivity contribution in [2.24, 2.45) is 0 Å². The first kappa shape index (κ1) is 15.9. The Morgan fingerprint density at radius 3 is 2.55 bits per heavy atom. The fraction of sp³-hybridized carbons (Fsp3) is 0.538. The van der Waals surface area contributed by atoms with Crippen molar-refractivity contribution in [3.05, 3.63) is 38.3 Å².